The number of rotatable bonds is 2. The van der Waals surface area contributed by atoms with Crippen LogP contribution in [0.3, 0.4) is 0 Å². The first-order valence-electron chi connectivity index (χ1n) is 7.25. The van der Waals surface area contributed by atoms with Gasteiger partial charge in [0.15, 0.2) is 0 Å². The minimum atomic E-state index is 0.695. The largest absolute Gasteiger partial charge is 0.306 e. The Bertz CT molecular complexity index is 265. The molecule has 0 aromatic carbocycles. The van der Waals surface area contributed by atoms with Crippen molar-refractivity contribution in [2.45, 2.75) is 19.3 Å². The van der Waals surface area contributed by atoms with E-state index in [9.17, 15) is 0 Å². The first-order chi connectivity index (χ1) is 8.15. The molecule has 3 aliphatic heterocycles. The number of piperidine rings is 1. The maximum atomic E-state index is 2.75. The van der Waals surface area contributed by atoms with Crippen molar-refractivity contribution in [1.29, 1.82) is 0 Å². The van der Waals surface area contributed by atoms with Gasteiger partial charge in [0.25, 0.3) is 0 Å². The molecule has 3 saturated heterocycles. The lowest BCUT2D eigenvalue weighted by molar-refractivity contribution is 0.0283. The van der Waals surface area contributed by atoms with Crippen LogP contribution in [0.1, 0.15) is 19.3 Å². The van der Waals surface area contributed by atoms with E-state index in [0.29, 0.717) is 5.41 Å². The molecular weight excluding hydrogens is 210 g/mol. The van der Waals surface area contributed by atoms with Gasteiger partial charge in [0.05, 0.1) is 0 Å². The Kier molecular flexibility index (Phi) is 3.18. The summed E-state index contributed by atoms with van der Waals surface area (Å²) in [6, 6.07) is 0. The van der Waals surface area contributed by atoms with E-state index in [1.807, 2.05) is 0 Å². The van der Waals surface area contributed by atoms with Gasteiger partial charge in [-0.05, 0) is 58.9 Å². The molecule has 0 aromatic heterocycles. The van der Waals surface area contributed by atoms with Crippen molar-refractivity contribution in [3.8, 4) is 0 Å². The Morgan fingerprint density at radius 1 is 0.941 bits per heavy atom. The van der Waals surface area contributed by atoms with Crippen molar-refractivity contribution < 1.29 is 0 Å². The molecule has 0 N–H and O–H groups in total. The second-order valence-corrected chi connectivity index (χ2v) is 6.90. The van der Waals surface area contributed by atoms with Gasteiger partial charge in [-0.3, -0.25) is 0 Å². The van der Waals surface area contributed by atoms with Crippen molar-refractivity contribution in [2.75, 3.05) is 59.9 Å². The Labute approximate surface area is 106 Å². The van der Waals surface area contributed by atoms with Crippen molar-refractivity contribution in [1.82, 2.24) is 14.7 Å². The van der Waals surface area contributed by atoms with Gasteiger partial charge in [-0.2, -0.15) is 0 Å². The molecule has 0 saturated carbocycles. The van der Waals surface area contributed by atoms with Gasteiger partial charge >= 0.3 is 0 Å². The topological polar surface area (TPSA) is 9.72 Å². The van der Waals surface area contributed by atoms with Crippen LogP contribution in [0.25, 0.3) is 0 Å². The predicted molar refractivity (Wildman–Crippen MR) is 71.2 cm³/mol. The third-order valence-electron chi connectivity index (χ3n) is 5.08. The van der Waals surface area contributed by atoms with E-state index in [4.69, 9.17) is 0 Å². The number of hydrogen-bond donors (Lipinski definition) is 0. The van der Waals surface area contributed by atoms with Crippen LogP contribution in [-0.4, -0.2) is 74.6 Å². The van der Waals surface area contributed by atoms with E-state index in [0.717, 1.165) is 5.92 Å². The fourth-order valence-electron chi connectivity index (χ4n) is 4.15. The van der Waals surface area contributed by atoms with Crippen molar-refractivity contribution in [3.63, 3.8) is 0 Å². The number of hydrogen-bond acceptors (Lipinski definition) is 3. The van der Waals surface area contributed by atoms with Crippen molar-refractivity contribution in [3.05, 3.63) is 0 Å². The molecule has 0 atom stereocenters. The van der Waals surface area contributed by atoms with E-state index in [-0.39, 0.29) is 0 Å². The quantitative estimate of drug-likeness (QED) is 0.708. The normalized spacial score (nSPS) is 32.1. The molecule has 3 heteroatoms. The summed E-state index contributed by atoms with van der Waals surface area (Å²) in [6.07, 6.45) is 4.28. The molecule has 0 unspecified atom stereocenters. The third-order valence-corrected chi connectivity index (χ3v) is 5.08. The first kappa shape index (κ1) is 11.9. The molecule has 98 valence electrons. The van der Waals surface area contributed by atoms with Crippen LogP contribution in [0.5, 0.6) is 0 Å². The lowest BCUT2D eigenvalue weighted by Crippen LogP contribution is -2.55. The first-order valence-corrected chi connectivity index (χ1v) is 7.25. The molecule has 3 nitrogen and oxygen atoms in total. The molecule has 0 radical (unpaired) electrons. The Balaban J connectivity index is 1.45. The van der Waals surface area contributed by atoms with E-state index >= 15 is 0 Å². The zero-order valence-electron chi connectivity index (χ0n) is 11.5. The highest BCUT2D eigenvalue weighted by atomic mass is 15.3. The van der Waals surface area contributed by atoms with E-state index in [1.54, 1.807) is 0 Å². The monoisotopic (exact) mass is 237 g/mol. The third kappa shape index (κ3) is 2.51. The zero-order valence-corrected chi connectivity index (χ0v) is 11.5. The summed E-state index contributed by atoms with van der Waals surface area (Å²) in [5.74, 6) is 0.971. The van der Waals surface area contributed by atoms with Gasteiger partial charge < -0.3 is 14.7 Å². The molecule has 3 fully saturated rings. The fourth-order valence-corrected chi connectivity index (χ4v) is 4.15. The fraction of sp³-hybridized carbons (Fsp3) is 1.00. The predicted octanol–water partition coefficient (Wildman–Crippen LogP) is 0.966. The maximum Gasteiger partial charge on any atom is 0.00966 e. The van der Waals surface area contributed by atoms with Gasteiger partial charge in [-0.1, -0.05) is 0 Å². The summed E-state index contributed by atoms with van der Waals surface area (Å²) in [5, 5.41) is 0. The van der Waals surface area contributed by atoms with E-state index in [1.165, 1.54) is 65.1 Å². The molecule has 3 rings (SSSR count). The molecule has 17 heavy (non-hydrogen) atoms. The molecule has 3 aliphatic rings. The second kappa shape index (κ2) is 4.52. The van der Waals surface area contributed by atoms with Gasteiger partial charge in [-0.15, -0.1) is 0 Å². The Morgan fingerprint density at radius 3 is 2.29 bits per heavy atom. The lowest BCUT2D eigenvalue weighted by atomic mass is 9.79. The molecular formula is C14H27N3. The van der Waals surface area contributed by atoms with Crippen molar-refractivity contribution >= 4 is 0 Å². The molecule has 0 bridgehead atoms. The SMILES string of the molecule is CN1CCC(CN2CCC3(CN(C)C3)C2)CC1. The van der Waals surface area contributed by atoms with Gasteiger partial charge in [0, 0.05) is 31.6 Å². The summed E-state index contributed by atoms with van der Waals surface area (Å²) in [5.41, 5.74) is 0.695. The van der Waals surface area contributed by atoms with Crippen LogP contribution in [0.15, 0.2) is 0 Å². The minimum Gasteiger partial charge on any atom is -0.306 e. The minimum absolute atomic E-state index is 0.695. The second-order valence-electron chi connectivity index (χ2n) is 6.90. The highest BCUT2D eigenvalue weighted by Crippen LogP contribution is 2.39. The summed E-state index contributed by atoms with van der Waals surface area (Å²) in [4.78, 5) is 7.70. The number of likely N-dealkylation sites (tertiary alicyclic amines) is 3. The van der Waals surface area contributed by atoms with Gasteiger partial charge in [-0.25, -0.2) is 0 Å². The highest BCUT2D eigenvalue weighted by molar-refractivity contribution is 5.00. The van der Waals surface area contributed by atoms with Crippen LogP contribution in [0.4, 0.5) is 0 Å². The van der Waals surface area contributed by atoms with E-state index in [2.05, 4.69) is 28.8 Å². The van der Waals surface area contributed by atoms with Crippen LogP contribution < -0.4 is 0 Å². The standard InChI is InChI=1S/C14H27N3/c1-15-6-3-13(4-7-15)9-17-8-5-14(12-17)10-16(2)11-14/h13H,3-12H2,1-2H3. The van der Waals surface area contributed by atoms with E-state index < -0.39 is 0 Å². The Hall–Kier alpha value is -0.120. The number of nitrogens with zero attached hydrogens (tertiary/aromatic N) is 3. The maximum absolute atomic E-state index is 2.75. The Morgan fingerprint density at radius 2 is 1.65 bits per heavy atom. The average molecular weight is 237 g/mol. The van der Waals surface area contributed by atoms with Gasteiger partial charge in [0.2, 0.25) is 0 Å². The average Bonchev–Trinajstić information content (AvgIpc) is 2.65. The summed E-state index contributed by atoms with van der Waals surface area (Å²) >= 11 is 0. The molecule has 3 heterocycles. The van der Waals surface area contributed by atoms with Crippen LogP contribution in [0.2, 0.25) is 0 Å². The summed E-state index contributed by atoms with van der Waals surface area (Å²) < 4.78 is 0. The van der Waals surface area contributed by atoms with Crippen molar-refractivity contribution in [2.24, 2.45) is 11.3 Å². The molecule has 0 aromatic rings. The highest BCUT2D eigenvalue weighted by Gasteiger charge is 2.46. The summed E-state index contributed by atoms with van der Waals surface area (Å²) in [6.45, 7) is 9.43. The van der Waals surface area contributed by atoms with Crippen LogP contribution >= 0.6 is 0 Å². The zero-order chi connectivity index (χ0) is 11.9. The smallest absolute Gasteiger partial charge is 0.00966 e. The molecule has 1 spiro atoms. The lowest BCUT2D eigenvalue weighted by Gasteiger charge is -2.46. The van der Waals surface area contributed by atoms with Gasteiger partial charge in [0.1, 0.15) is 0 Å². The molecule has 0 amide bonds. The van der Waals surface area contributed by atoms with Crippen LogP contribution in [0, 0.1) is 11.3 Å². The van der Waals surface area contributed by atoms with Crippen LogP contribution in [-0.2, 0) is 0 Å². The molecule has 0 aliphatic carbocycles. The summed E-state index contributed by atoms with van der Waals surface area (Å²) in [7, 11) is 4.51.